The van der Waals surface area contributed by atoms with Crippen molar-refractivity contribution in [2.45, 2.75) is 6.54 Å². The van der Waals surface area contributed by atoms with Crippen LogP contribution in [0.15, 0.2) is 35.4 Å². The van der Waals surface area contributed by atoms with Gasteiger partial charge in [0, 0.05) is 50.7 Å². The summed E-state index contributed by atoms with van der Waals surface area (Å²) >= 11 is 0. The summed E-state index contributed by atoms with van der Waals surface area (Å²) < 4.78 is 0. The van der Waals surface area contributed by atoms with Gasteiger partial charge in [-0.2, -0.15) is 0 Å². The lowest BCUT2D eigenvalue weighted by Gasteiger charge is -2.32. The van der Waals surface area contributed by atoms with Crippen molar-refractivity contribution in [1.82, 2.24) is 25.2 Å². The van der Waals surface area contributed by atoms with Crippen LogP contribution in [0.25, 0.3) is 0 Å². The van der Waals surface area contributed by atoms with Crippen LogP contribution >= 0.6 is 0 Å². The minimum atomic E-state index is -0.340. The Balaban J connectivity index is 1.62. The Morgan fingerprint density at radius 1 is 1.29 bits per heavy atom. The number of hydrogen-bond donors (Lipinski definition) is 2. The molecule has 0 aromatic carbocycles. The fraction of sp³-hybridized carbons (Fsp3) is 0.375. The number of H-pyrrole nitrogens is 1. The lowest BCUT2D eigenvalue weighted by atomic mass is 10.3. The number of pyridine rings is 1. The molecule has 1 fully saturated rings. The first-order valence-corrected chi connectivity index (χ1v) is 7.84. The summed E-state index contributed by atoms with van der Waals surface area (Å²) in [6.07, 6.45) is 3.15. The van der Waals surface area contributed by atoms with Gasteiger partial charge in [0.25, 0.3) is 5.91 Å². The van der Waals surface area contributed by atoms with E-state index in [1.807, 2.05) is 0 Å². The van der Waals surface area contributed by atoms with E-state index in [1.165, 1.54) is 18.3 Å². The number of aromatic amines is 1. The normalized spacial score (nSPS) is 15.3. The van der Waals surface area contributed by atoms with Gasteiger partial charge in [0.2, 0.25) is 5.95 Å². The Kier molecular flexibility index (Phi) is 4.85. The topological polar surface area (TPSA) is 94.2 Å². The predicted octanol–water partition coefficient (Wildman–Crippen LogP) is -0.153. The molecule has 1 amide bonds. The summed E-state index contributed by atoms with van der Waals surface area (Å²) in [6, 6.07) is 4.40. The molecule has 0 unspecified atom stereocenters. The average molecular weight is 328 g/mol. The number of aromatic nitrogens is 3. The molecular formula is C16H20N6O2. The number of nitrogens with one attached hydrogen (secondary N) is 2. The van der Waals surface area contributed by atoms with E-state index >= 15 is 0 Å². The molecule has 1 aliphatic rings. The maximum atomic E-state index is 12.1. The Hall–Kier alpha value is -2.74. The quantitative estimate of drug-likeness (QED) is 0.810. The van der Waals surface area contributed by atoms with Gasteiger partial charge in [-0.15, -0.1) is 0 Å². The highest BCUT2D eigenvalue weighted by atomic mass is 16.2. The van der Waals surface area contributed by atoms with Crippen LogP contribution in [-0.4, -0.2) is 59.0 Å². The van der Waals surface area contributed by atoms with Crippen molar-refractivity contribution in [3.05, 3.63) is 52.2 Å². The van der Waals surface area contributed by atoms with Crippen LogP contribution in [0.3, 0.4) is 0 Å². The Bertz CT molecular complexity index is 767. The van der Waals surface area contributed by atoms with Crippen molar-refractivity contribution >= 4 is 11.9 Å². The van der Waals surface area contributed by atoms with Gasteiger partial charge >= 0.3 is 0 Å². The van der Waals surface area contributed by atoms with Gasteiger partial charge in [-0.1, -0.05) is 0 Å². The van der Waals surface area contributed by atoms with Gasteiger partial charge in [0.1, 0.15) is 5.69 Å². The van der Waals surface area contributed by atoms with E-state index < -0.39 is 0 Å². The van der Waals surface area contributed by atoms with E-state index in [2.05, 4.69) is 37.1 Å². The molecule has 126 valence electrons. The number of anilines is 1. The van der Waals surface area contributed by atoms with Crippen molar-refractivity contribution in [2.24, 2.45) is 0 Å². The molecule has 0 bridgehead atoms. The summed E-state index contributed by atoms with van der Waals surface area (Å²) in [7, 11) is 2.10. The highest BCUT2D eigenvalue weighted by Crippen LogP contribution is 2.10. The van der Waals surface area contributed by atoms with Crippen LogP contribution in [-0.2, 0) is 6.54 Å². The molecule has 1 saturated heterocycles. The van der Waals surface area contributed by atoms with Crippen molar-refractivity contribution in [2.75, 3.05) is 38.1 Å². The Morgan fingerprint density at radius 2 is 2.08 bits per heavy atom. The zero-order valence-electron chi connectivity index (χ0n) is 13.5. The molecule has 3 heterocycles. The molecule has 2 aromatic heterocycles. The summed E-state index contributed by atoms with van der Waals surface area (Å²) in [5, 5.41) is 2.75. The van der Waals surface area contributed by atoms with Gasteiger partial charge in [-0.25, -0.2) is 9.97 Å². The first kappa shape index (κ1) is 16.1. The molecule has 24 heavy (non-hydrogen) atoms. The Morgan fingerprint density at radius 3 is 2.83 bits per heavy atom. The Labute approximate surface area is 139 Å². The van der Waals surface area contributed by atoms with E-state index in [9.17, 15) is 9.59 Å². The number of carbonyl (C=O) groups is 1. The molecule has 3 rings (SSSR count). The maximum absolute atomic E-state index is 12.1. The van der Waals surface area contributed by atoms with Crippen molar-refractivity contribution < 1.29 is 4.79 Å². The van der Waals surface area contributed by atoms with Crippen LogP contribution in [0.5, 0.6) is 0 Å². The zero-order chi connectivity index (χ0) is 16.9. The number of hydrogen-bond acceptors (Lipinski definition) is 6. The van der Waals surface area contributed by atoms with Crippen molar-refractivity contribution in [1.29, 1.82) is 0 Å². The van der Waals surface area contributed by atoms with Crippen molar-refractivity contribution in [3.8, 4) is 0 Å². The molecule has 1 aliphatic heterocycles. The molecule has 8 nitrogen and oxygen atoms in total. The largest absolute Gasteiger partial charge is 0.357 e. The molecular weight excluding hydrogens is 308 g/mol. The van der Waals surface area contributed by atoms with Crippen LogP contribution < -0.4 is 15.6 Å². The second kappa shape index (κ2) is 7.22. The fourth-order valence-electron chi connectivity index (χ4n) is 2.48. The van der Waals surface area contributed by atoms with Gasteiger partial charge in [0.15, 0.2) is 5.43 Å². The van der Waals surface area contributed by atoms with Crippen LogP contribution in [0.2, 0.25) is 0 Å². The molecule has 0 spiro atoms. The van der Waals surface area contributed by atoms with Crippen molar-refractivity contribution in [3.63, 3.8) is 0 Å². The van der Waals surface area contributed by atoms with E-state index in [0.29, 0.717) is 5.95 Å². The first-order chi connectivity index (χ1) is 11.6. The molecule has 0 saturated carbocycles. The molecule has 0 aliphatic carbocycles. The molecule has 2 aromatic rings. The predicted molar refractivity (Wildman–Crippen MR) is 90.0 cm³/mol. The van der Waals surface area contributed by atoms with E-state index in [1.54, 1.807) is 12.3 Å². The molecule has 2 N–H and O–H groups in total. The maximum Gasteiger partial charge on any atom is 0.268 e. The first-order valence-electron chi connectivity index (χ1n) is 7.84. The fourth-order valence-corrected chi connectivity index (χ4v) is 2.48. The van der Waals surface area contributed by atoms with Gasteiger partial charge in [0.05, 0.1) is 12.2 Å². The second-order valence-electron chi connectivity index (χ2n) is 5.76. The van der Waals surface area contributed by atoms with Crippen LogP contribution in [0.4, 0.5) is 5.95 Å². The summed E-state index contributed by atoms with van der Waals surface area (Å²) in [6.45, 7) is 4.01. The minimum absolute atomic E-state index is 0.210. The average Bonchev–Trinajstić information content (AvgIpc) is 2.60. The summed E-state index contributed by atoms with van der Waals surface area (Å²) in [5.74, 6) is 0.343. The number of rotatable bonds is 4. The lowest BCUT2D eigenvalue weighted by molar-refractivity contribution is 0.0945. The zero-order valence-corrected chi connectivity index (χ0v) is 13.5. The number of amides is 1. The van der Waals surface area contributed by atoms with Gasteiger partial charge in [-0.3, -0.25) is 9.59 Å². The summed E-state index contributed by atoms with van der Waals surface area (Å²) in [5.41, 5.74) is 0.750. The SMILES string of the molecule is CN1CCN(c2nccc(CNC(=O)c3cc(=O)cc[nH]3)n2)CC1. The van der Waals surface area contributed by atoms with E-state index in [0.717, 1.165) is 31.9 Å². The summed E-state index contributed by atoms with van der Waals surface area (Å²) in [4.78, 5) is 39.3. The lowest BCUT2D eigenvalue weighted by Crippen LogP contribution is -2.45. The third-order valence-electron chi connectivity index (χ3n) is 3.93. The number of nitrogens with zero attached hydrogens (tertiary/aromatic N) is 4. The number of piperazine rings is 1. The van der Waals surface area contributed by atoms with Crippen LogP contribution in [0, 0.1) is 0 Å². The number of carbonyl (C=O) groups excluding carboxylic acids is 1. The third-order valence-corrected chi connectivity index (χ3v) is 3.93. The van der Waals surface area contributed by atoms with E-state index in [-0.39, 0.29) is 23.6 Å². The monoisotopic (exact) mass is 328 g/mol. The molecule has 0 radical (unpaired) electrons. The van der Waals surface area contributed by atoms with Crippen LogP contribution in [0.1, 0.15) is 16.2 Å². The van der Waals surface area contributed by atoms with Gasteiger partial charge < -0.3 is 20.1 Å². The smallest absolute Gasteiger partial charge is 0.268 e. The van der Waals surface area contributed by atoms with Gasteiger partial charge in [-0.05, 0) is 13.1 Å². The highest BCUT2D eigenvalue weighted by Gasteiger charge is 2.16. The number of likely N-dealkylation sites (N-methyl/N-ethyl adjacent to an activating group) is 1. The molecule has 0 atom stereocenters. The third kappa shape index (κ3) is 3.96. The van der Waals surface area contributed by atoms with E-state index in [4.69, 9.17) is 0 Å². The standard InChI is InChI=1S/C16H20N6O2/c1-21-6-8-22(9-7-21)16-18-4-2-12(20-16)11-19-15(24)14-10-13(23)3-5-17-14/h2-5,10H,6-9,11H2,1H3,(H,17,23)(H,19,24). The highest BCUT2D eigenvalue weighted by molar-refractivity contribution is 5.92. The minimum Gasteiger partial charge on any atom is -0.357 e. The second-order valence-corrected chi connectivity index (χ2v) is 5.76. The molecule has 8 heteroatoms.